The molecule has 2 heterocycles. The van der Waals surface area contributed by atoms with Crippen LogP contribution in [0.4, 0.5) is 11.8 Å². The quantitative estimate of drug-likeness (QED) is 0.838. The number of anilines is 2. The van der Waals surface area contributed by atoms with Gasteiger partial charge in [0.05, 0.1) is 12.2 Å². The average molecular weight is 246 g/mol. The van der Waals surface area contributed by atoms with E-state index in [4.69, 9.17) is 0 Å². The molecule has 6 nitrogen and oxygen atoms in total. The summed E-state index contributed by atoms with van der Waals surface area (Å²) in [6.07, 6.45) is 1.78. The van der Waals surface area contributed by atoms with Crippen molar-refractivity contribution >= 4 is 11.8 Å². The third kappa shape index (κ3) is 2.97. The van der Waals surface area contributed by atoms with Gasteiger partial charge in [0.2, 0.25) is 5.95 Å². The van der Waals surface area contributed by atoms with Gasteiger partial charge in [0.25, 0.3) is 0 Å². The van der Waals surface area contributed by atoms with Crippen LogP contribution in [0.5, 0.6) is 0 Å². The maximum Gasteiger partial charge on any atom is 0.224 e. The number of hydrogen-bond acceptors (Lipinski definition) is 5. The van der Waals surface area contributed by atoms with Crippen LogP contribution >= 0.6 is 0 Å². The van der Waals surface area contributed by atoms with Crippen LogP contribution in [0.2, 0.25) is 0 Å². The molecule has 2 aromatic rings. The summed E-state index contributed by atoms with van der Waals surface area (Å²) in [5, 5.41) is 10.5. The minimum Gasteiger partial charge on any atom is -0.364 e. The minimum absolute atomic E-state index is 0.657. The molecule has 2 rings (SSSR count). The first kappa shape index (κ1) is 12.3. The second kappa shape index (κ2) is 5.48. The first-order valence-corrected chi connectivity index (χ1v) is 5.99. The third-order valence-corrected chi connectivity index (χ3v) is 2.56. The van der Waals surface area contributed by atoms with Crippen LogP contribution < -0.4 is 10.6 Å². The molecule has 0 aliphatic carbocycles. The second-order valence-corrected chi connectivity index (χ2v) is 4.05. The first-order valence-electron chi connectivity index (χ1n) is 5.99. The zero-order chi connectivity index (χ0) is 13.0. The number of hydrogen-bond donors (Lipinski definition) is 2. The Morgan fingerprint density at radius 2 is 2.11 bits per heavy atom. The lowest BCUT2D eigenvalue weighted by atomic mass is 10.4. The van der Waals surface area contributed by atoms with Crippen LogP contribution in [0.1, 0.15) is 18.3 Å². The van der Waals surface area contributed by atoms with E-state index in [1.54, 1.807) is 6.20 Å². The molecular weight excluding hydrogens is 228 g/mol. The SMILES string of the molecule is CCNc1nc(C)cc(NCc2ccnn2C)n1. The zero-order valence-electron chi connectivity index (χ0n) is 10.9. The lowest BCUT2D eigenvalue weighted by molar-refractivity contribution is 0.720. The Hall–Kier alpha value is -2.11. The minimum atomic E-state index is 0.657. The molecule has 0 fully saturated rings. The maximum absolute atomic E-state index is 4.39. The molecule has 0 amide bonds. The number of aryl methyl sites for hydroxylation is 2. The standard InChI is InChI=1S/C12H18N6/c1-4-13-12-16-9(2)7-11(17-12)14-8-10-5-6-15-18(10)3/h5-7H,4,8H2,1-3H3,(H2,13,14,16,17). The van der Waals surface area contributed by atoms with E-state index >= 15 is 0 Å². The third-order valence-electron chi connectivity index (χ3n) is 2.56. The summed E-state index contributed by atoms with van der Waals surface area (Å²) in [4.78, 5) is 8.70. The van der Waals surface area contributed by atoms with Crippen molar-refractivity contribution < 1.29 is 0 Å². The summed E-state index contributed by atoms with van der Waals surface area (Å²) in [5.74, 6) is 1.48. The van der Waals surface area contributed by atoms with Crippen LogP contribution in [0.15, 0.2) is 18.3 Å². The second-order valence-electron chi connectivity index (χ2n) is 4.05. The highest BCUT2D eigenvalue weighted by atomic mass is 15.3. The van der Waals surface area contributed by atoms with E-state index in [1.165, 1.54) is 0 Å². The van der Waals surface area contributed by atoms with E-state index in [-0.39, 0.29) is 0 Å². The van der Waals surface area contributed by atoms with Crippen molar-refractivity contribution in [1.29, 1.82) is 0 Å². The molecule has 0 radical (unpaired) electrons. The van der Waals surface area contributed by atoms with Gasteiger partial charge >= 0.3 is 0 Å². The number of nitrogens with zero attached hydrogens (tertiary/aromatic N) is 4. The Kier molecular flexibility index (Phi) is 3.76. The van der Waals surface area contributed by atoms with Crippen molar-refractivity contribution in [2.45, 2.75) is 20.4 Å². The molecule has 0 bridgehead atoms. The average Bonchev–Trinajstić information content (AvgIpc) is 2.72. The van der Waals surface area contributed by atoms with Crippen molar-refractivity contribution in [1.82, 2.24) is 19.7 Å². The normalized spacial score (nSPS) is 10.4. The summed E-state index contributed by atoms with van der Waals surface area (Å²) in [5.41, 5.74) is 2.05. The maximum atomic E-state index is 4.39. The molecule has 0 atom stereocenters. The van der Waals surface area contributed by atoms with Gasteiger partial charge in [0.1, 0.15) is 5.82 Å². The van der Waals surface area contributed by atoms with Crippen LogP contribution in [-0.4, -0.2) is 26.3 Å². The van der Waals surface area contributed by atoms with Gasteiger partial charge in [-0.25, -0.2) is 4.98 Å². The van der Waals surface area contributed by atoms with Crippen LogP contribution in [0.3, 0.4) is 0 Å². The number of rotatable bonds is 5. The highest BCUT2D eigenvalue weighted by molar-refractivity contribution is 5.42. The van der Waals surface area contributed by atoms with Gasteiger partial charge in [-0.2, -0.15) is 10.1 Å². The van der Waals surface area contributed by atoms with E-state index < -0.39 is 0 Å². The summed E-state index contributed by atoms with van der Waals surface area (Å²) >= 11 is 0. The zero-order valence-corrected chi connectivity index (χ0v) is 10.9. The van der Waals surface area contributed by atoms with Gasteiger partial charge in [0, 0.05) is 31.5 Å². The molecule has 0 aliphatic heterocycles. The molecule has 0 aliphatic rings. The first-order chi connectivity index (χ1) is 8.69. The molecule has 0 saturated carbocycles. The van der Waals surface area contributed by atoms with Crippen molar-refractivity contribution in [2.24, 2.45) is 7.05 Å². The lowest BCUT2D eigenvalue weighted by Gasteiger charge is -2.09. The Morgan fingerprint density at radius 1 is 1.28 bits per heavy atom. The van der Waals surface area contributed by atoms with Gasteiger partial charge < -0.3 is 10.6 Å². The highest BCUT2D eigenvalue weighted by Gasteiger charge is 2.02. The smallest absolute Gasteiger partial charge is 0.224 e. The summed E-state index contributed by atoms with van der Waals surface area (Å²) in [6, 6.07) is 3.91. The van der Waals surface area contributed by atoms with Crippen molar-refractivity contribution in [3.8, 4) is 0 Å². The van der Waals surface area contributed by atoms with Gasteiger partial charge in [-0.15, -0.1) is 0 Å². The van der Waals surface area contributed by atoms with Crippen LogP contribution in [0.25, 0.3) is 0 Å². The molecule has 0 spiro atoms. The lowest BCUT2D eigenvalue weighted by Crippen LogP contribution is -2.09. The molecule has 96 valence electrons. The van der Waals surface area contributed by atoms with E-state index in [0.717, 1.165) is 23.8 Å². The number of nitrogens with one attached hydrogen (secondary N) is 2. The van der Waals surface area contributed by atoms with Gasteiger partial charge in [0.15, 0.2) is 0 Å². The highest BCUT2D eigenvalue weighted by Crippen LogP contribution is 2.10. The van der Waals surface area contributed by atoms with Crippen molar-refractivity contribution in [2.75, 3.05) is 17.2 Å². The Labute approximate surface area is 106 Å². The predicted molar refractivity (Wildman–Crippen MR) is 71.5 cm³/mol. The summed E-state index contributed by atoms with van der Waals surface area (Å²) in [6.45, 7) is 5.48. The van der Waals surface area contributed by atoms with Gasteiger partial charge in [-0.05, 0) is 19.9 Å². The van der Waals surface area contributed by atoms with Crippen molar-refractivity contribution in [3.05, 3.63) is 29.7 Å². The fraction of sp³-hybridized carbons (Fsp3) is 0.417. The molecule has 0 unspecified atom stereocenters. The molecule has 6 heteroatoms. The van der Waals surface area contributed by atoms with Crippen LogP contribution in [0, 0.1) is 6.92 Å². The van der Waals surface area contributed by atoms with E-state index in [2.05, 4.69) is 25.7 Å². The van der Waals surface area contributed by atoms with E-state index in [1.807, 2.05) is 37.7 Å². The van der Waals surface area contributed by atoms with Crippen molar-refractivity contribution in [3.63, 3.8) is 0 Å². The fourth-order valence-corrected chi connectivity index (χ4v) is 1.65. The fourth-order valence-electron chi connectivity index (χ4n) is 1.65. The van der Waals surface area contributed by atoms with Gasteiger partial charge in [-0.1, -0.05) is 0 Å². The number of aromatic nitrogens is 4. The molecule has 0 saturated heterocycles. The Bertz CT molecular complexity index is 519. The largest absolute Gasteiger partial charge is 0.364 e. The molecule has 0 aromatic carbocycles. The molecule has 2 N–H and O–H groups in total. The van der Waals surface area contributed by atoms with E-state index in [9.17, 15) is 0 Å². The Balaban J connectivity index is 2.07. The molecular formula is C12H18N6. The topological polar surface area (TPSA) is 67.7 Å². The van der Waals surface area contributed by atoms with Crippen LogP contribution in [-0.2, 0) is 13.6 Å². The predicted octanol–water partition coefficient (Wildman–Crippen LogP) is 1.56. The Morgan fingerprint density at radius 3 is 2.78 bits per heavy atom. The summed E-state index contributed by atoms with van der Waals surface area (Å²) < 4.78 is 1.84. The van der Waals surface area contributed by atoms with E-state index in [0.29, 0.717) is 12.5 Å². The molecule has 2 aromatic heterocycles. The van der Waals surface area contributed by atoms with Gasteiger partial charge in [-0.3, -0.25) is 4.68 Å². The summed E-state index contributed by atoms with van der Waals surface area (Å²) in [7, 11) is 1.92. The monoisotopic (exact) mass is 246 g/mol. The molecule has 18 heavy (non-hydrogen) atoms.